The number of carbonyl (C=O) groups is 4. The normalized spacial score (nSPS) is 19.6. The number of amides is 3. The topological polar surface area (TPSA) is 116 Å². The van der Waals surface area contributed by atoms with Gasteiger partial charge in [0.05, 0.1) is 24.0 Å². The molecule has 44 heavy (non-hydrogen) atoms. The zero-order valence-corrected chi connectivity index (χ0v) is 26.0. The second-order valence-electron chi connectivity index (χ2n) is 11.3. The molecule has 1 aliphatic carbocycles. The smallest absolute Gasteiger partial charge is 0.323 e. The van der Waals surface area contributed by atoms with E-state index >= 15 is 0 Å². The van der Waals surface area contributed by atoms with Crippen LogP contribution in [0.5, 0.6) is 5.75 Å². The van der Waals surface area contributed by atoms with E-state index in [1.165, 1.54) is 19.1 Å². The van der Waals surface area contributed by atoms with Crippen LogP contribution in [0.3, 0.4) is 0 Å². The molecule has 1 saturated heterocycles. The number of ether oxygens (including phenoxy) is 1. The van der Waals surface area contributed by atoms with Crippen LogP contribution in [-0.4, -0.2) is 78.4 Å². The highest BCUT2D eigenvalue weighted by molar-refractivity contribution is 7.59. The number of nitrogens with one attached hydrogen (secondary N) is 1. The molecule has 0 aromatic heterocycles. The zero-order valence-electron chi connectivity index (χ0n) is 25.0. The summed E-state index contributed by atoms with van der Waals surface area (Å²) in [6.07, 6.45) is 2.08. The number of hydrogen-bond donors (Lipinski definition) is 2. The summed E-state index contributed by atoms with van der Waals surface area (Å²) in [7, 11) is 3.05. The summed E-state index contributed by atoms with van der Waals surface area (Å²) >= 11 is 0. The molecule has 2 N–H and O–H groups in total. The van der Waals surface area contributed by atoms with Crippen LogP contribution in [0.25, 0.3) is 0 Å². The van der Waals surface area contributed by atoms with E-state index in [1.54, 1.807) is 18.2 Å². The SMILES string of the molecule is COc1ccccc1C(=O)NC1CCN(C(=O)[C@H]2CC[C@@](C(=O)N(C)CC(=O)O)(c3ccccc3)c3ccccc32)CC1.S. The van der Waals surface area contributed by atoms with Crippen molar-refractivity contribution in [2.45, 2.75) is 43.1 Å². The highest BCUT2D eigenvalue weighted by Crippen LogP contribution is 2.48. The van der Waals surface area contributed by atoms with E-state index in [-0.39, 0.29) is 37.3 Å². The van der Waals surface area contributed by atoms with Crippen LogP contribution in [0.1, 0.15) is 58.6 Å². The summed E-state index contributed by atoms with van der Waals surface area (Å²) in [6.45, 7) is 0.609. The van der Waals surface area contributed by atoms with E-state index in [2.05, 4.69) is 5.32 Å². The Labute approximate surface area is 264 Å². The maximum atomic E-state index is 14.1. The largest absolute Gasteiger partial charge is 0.496 e. The number of nitrogens with zero attached hydrogens (tertiary/aromatic N) is 2. The molecule has 0 radical (unpaired) electrons. The number of para-hydroxylation sites is 1. The molecule has 2 atom stereocenters. The number of fused-ring (bicyclic) bond motifs is 1. The van der Waals surface area contributed by atoms with Gasteiger partial charge in [0.25, 0.3) is 5.91 Å². The molecule has 0 unspecified atom stereocenters. The second kappa shape index (κ2) is 14.0. The van der Waals surface area contributed by atoms with Crippen molar-refractivity contribution < 1.29 is 29.0 Å². The number of hydrogen-bond acceptors (Lipinski definition) is 5. The van der Waals surface area contributed by atoms with Crippen molar-refractivity contribution in [1.29, 1.82) is 0 Å². The maximum Gasteiger partial charge on any atom is 0.323 e. The Bertz CT molecular complexity index is 1510. The molecule has 3 amide bonds. The Morgan fingerprint density at radius 3 is 2.25 bits per heavy atom. The molecule has 5 rings (SSSR count). The molecule has 0 bridgehead atoms. The van der Waals surface area contributed by atoms with Gasteiger partial charge in [-0.25, -0.2) is 0 Å². The predicted molar refractivity (Wildman–Crippen MR) is 171 cm³/mol. The highest BCUT2D eigenvalue weighted by Gasteiger charge is 2.50. The molecule has 3 aromatic rings. The maximum absolute atomic E-state index is 14.1. The van der Waals surface area contributed by atoms with Crippen LogP contribution in [0.15, 0.2) is 78.9 Å². The van der Waals surface area contributed by atoms with Gasteiger partial charge >= 0.3 is 5.97 Å². The molecule has 9 nitrogen and oxygen atoms in total. The van der Waals surface area contributed by atoms with Crippen molar-refractivity contribution in [2.24, 2.45) is 0 Å². The molecule has 3 aromatic carbocycles. The van der Waals surface area contributed by atoms with E-state index < -0.39 is 23.8 Å². The Morgan fingerprint density at radius 1 is 0.932 bits per heavy atom. The van der Waals surface area contributed by atoms with Gasteiger partial charge in [-0.1, -0.05) is 66.7 Å². The molecule has 1 fully saturated rings. The fourth-order valence-electron chi connectivity index (χ4n) is 6.63. The summed E-state index contributed by atoms with van der Waals surface area (Å²) in [4.78, 5) is 55.6. The Kier molecular flexibility index (Phi) is 10.4. The first-order valence-electron chi connectivity index (χ1n) is 14.6. The Balaban J connectivity index is 0.00000442. The summed E-state index contributed by atoms with van der Waals surface area (Å²) in [5, 5.41) is 12.5. The standard InChI is InChI=1S/C34H37N3O6.H2S/c1-36(22-30(38)39)33(42)34(23-10-4-3-5-11-23)19-16-26(25-12-6-8-14-28(25)34)32(41)37-20-17-24(18-21-37)35-31(40)27-13-7-9-15-29(27)43-2;/h3-15,24,26H,16-22H2,1-2H3,(H,35,40)(H,38,39);1H2/t26-,34+;/m0./s1. The van der Waals surface area contributed by atoms with Crippen LogP contribution in [-0.2, 0) is 19.8 Å². The van der Waals surface area contributed by atoms with Gasteiger partial charge in [0.1, 0.15) is 12.3 Å². The van der Waals surface area contributed by atoms with Gasteiger partial charge in [-0.15, -0.1) is 0 Å². The van der Waals surface area contributed by atoms with E-state index in [0.717, 1.165) is 16.7 Å². The van der Waals surface area contributed by atoms with Gasteiger partial charge in [-0.3, -0.25) is 19.2 Å². The van der Waals surface area contributed by atoms with E-state index in [0.29, 0.717) is 50.1 Å². The number of piperidine rings is 1. The van der Waals surface area contributed by atoms with Gasteiger partial charge in [-0.2, -0.15) is 13.5 Å². The third kappa shape index (κ3) is 6.31. The van der Waals surface area contributed by atoms with Gasteiger partial charge in [0.2, 0.25) is 11.8 Å². The van der Waals surface area contributed by atoms with Crippen molar-refractivity contribution in [3.8, 4) is 5.75 Å². The average molecular weight is 618 g/mol. The van der Waals surface area contributed by atoms with Crippen molar-refractivity contribution in [3.05, 3.63) is 101 Å². The fourth-order valence-corrected chi connectivity index (χ4v) is 6.63. The Hall–Kier alpha value is -4.31. The van der Waals surface area contributed by atoms with E-state index in [1.807, 2.05) is 65.6 Å². The minimum Gasteiger partial charge on any atom is -0.496 e. The van der Waals surface area contributed by atoms with Gasteiger partial charge in [0.15, 0.2) is 0 Å². The molecule has 1 heterocycles. The molecule has 0 spiro atoms. The number of aliphatic carboxylic acids is 1. The van der Waals surface area contributed by atoms with Crippen LogP contribution in [0.2, 0.25) is 0 Å². The Morgan fingerprint density at radius 2 is 1.57 bits per heavy atom. The lowest BCUT2D eigenvalue weighted by Crippen LogP contribution is -2.52. The number of benzene rings is 3. The minimum atomic E-state index is -1.10. The molecule has 1 aliphatic heterocycles. The van der Waals surface area contributed by atoms with Crippen molar-refractivity contribution in [2.75, 3.05) is 33.8 Å². The lowest BCUT2D eigenvalue weighted by atomic mass is 9.62. The first-order chi connectivity index (χ1) is 20.8. The summed E-state index contributed by atoms with van der Waals surface area (Å²) in [5.41, 5.74) is 1.70. The minimum absolute atomic E-state index is 0. The lowest BCUT2D eigenvalue weighted by Gasteiger charge is -2.44. The van der Waals surface area contributed by atoms with Crippen molar-refractivity contribution >= 4 is 37.2 Å². The summed E-state index contributed by atoms with van der Waals surface area (Å²) in [5.74, 6) is -1.48. The van der Waals surface area contributed by atoms with E-state index in [9.17, 15) is 24.3 Å². The molecular weight excluding hydrogens is 578 g/mol. The number of carboxylic acids is 1. The lowest BCUT2D eigenvalue weighted by molar-refractivity contribution is -0.145. The first-order valence-corrected chi connectivity index (χ1v) is 14.6. The zero-order chi connectivity index (χ0) is 30.6. The summed E-state index contributed by atoms with van der Waals surface area (Å²) < 4.78 is 5.32. The molecule has 10 heteroatoms. The third-order valence-electron chi connectivity index (χ3n) is 8.75. The second-order valence-corrected chi connectivity index (χ2v) is 11.3. The van der Waals surface area contributed by atoms with Crippen LogP contribution >= 0.6 is 13.5 Å². The number of likely N-dealkylation sites (tertiary alicyclic amines) is 1. The predicted octanol–water partition coefficient (Wildman–Crippen LogP) is 3.94. The highest BCUT2D eigenvalue weighted by atomic mass is 32.1. The van der Waals surface area contributed by atoms with Gasteiger partial charge in [-0.05, 0) is 54.5 Å². The number of carbonyl (C=O) groups excluding carboxylic acids is 3. The number of methoxy groups -OCH3 is 1. The van der Waals surface area contributed by atoms with E-state index in [4.69, 9.17) is 4.74 Å². The van der Waals surface area contributed by atoms with Gasteiger partial charge < -0.3 is 25.0 Å². The average Bonchev–Trinajstić information content (AvgIpc) is 3.04. The molecule has 232 valence electrons. The number of likely N-dealkylation sites (N-methyl/N-ethyl adjacent to an activating group) is 1. The summed E-state index contributed by atoms with van der Waals surface area (Å²) in [6, 6.07) is 24.0. The van der Waals surface area contributed by atoms with Crippen LogP contribution < -0.4 is 10.1 Å². The molecular formula is C34H39N3O6S. The van der Waals surface area contributed by atoms with Crippen LogP contribution in [0.4, 0.5) is 0 Å². The third-order valence-corrected chi connectivity index (χ3v) is 8.75. The van der Waals surface area contributed by atoms with Crippen molar-refractivity contribution in [3.63, 3.8) is 0 Å². The number of rotatable bonds is 8. The fraction of sp³-hybridized carbons (Fsp3) is 0.353. The monoisotopic (exact) mass is 617 g/mol. The van der Waals surface area contributed by atoms with Crippen LogP contribution in [0, 0.1) is 0 Å². The van der Waals surface area contributed by atoms with Gasteiger partial charge in [0, 0.05) is 26.2 Å². The molecule has 2 aliphatic rings. The van der Waals surface area contributed by atoms with Crippen molar-refractivity contribution in [1.82, 2.24) is 15.1 Å². The number of carboxylic acid groups (broad SMARTS) is 1. The first kappa shape index (κ1) is 32.6. The molecule has 0 saturated carbocycles. The quantitative estimate of drug-likeness (QED) is 0.396.